The van der Waals surface area contributed by atoms with Crippen molar-refractivity contribution in [3.8, 4) is 0 Å². The van der Waals surface area contributed by atoms with Gasteiger partial charge in [0.25, 0.3) is 5.69 Å². The largest absolute Gasteiger partial charge is 0.394 e. The first-order valence-corrected chi connectivity index (χ1v) is 8.18. The molecule has 0 bridgehead atoms. The molecule has 0 saturated carbocycles. The highest BCUT2D eigenvalue weighted by molar-refractivity contribution is 7.99. The van der Waals surface area contributed by atoms with Crippen molar-refractivity contribution in [1.29, 1.82) is 0 Å². The fourth-order valence-electron chi connectivity index (χ4n) is 1.81. The maximum absolute atomic E-state index is 12.0. The number of non-ortho nitro benzene ring substituents is 1. The standard InChI is InChI=1S/C13H16N6O5S/c20-6-11(21)7-25-12-4-9(3-10(5-12)19(23)24)15-13(22)1-2-18-8-14-16-17-18/h3-5,8,11,20-21H,1-2,6-7H2,(H,15,22). The van der Waals surface area contributed by atoms with E-state index in [1.807, 2.05) is 0 Å². The van der Waals surface area contributed by atoms with Crippen LogP contribution in [0.15, 0.2) is 29.4 Å². The van der Waals surface area contributed by atoms with E-state index in [4.69, 9.17) is 5.11 Å². The smallest absolute Gasteiger partial charge is 0.272 e. The zero-order valence-electron chi connectivity index (χ0n) is 13.0. The zero-order chi connectivity index (χ0) is 18.2. The number of benzene rings is 1. The Morgan fingerprint density at radius 3 is 2.88 bits per heavy atom. The fraction of sp³-hybridized carbons (Fsp3) is 0.385. The average Bonchev–Trinajstić information content (AvgIpc) is 3.11. The molecule has 1 amide bonds. The van der Waals surface area contributed by atoms with Gasteiger partial charge in [-0.2, -0.15) is 0 Å². The number of aromatic nitrogens is 4. The highest BCUT2D eigenvalue weighted by atomic mass is 32.2. The predicted molar refractivity (Wildman–Crippen MR) is 88.0 cm³/mol. The second kappa shape index (κ2) is 9.05. The Balaban J connectivity index is 2.03. The van der Waals surface area contributed by atoms with Crippen molar-refractivity contribution in [1.82, 2.24) is 20.2 Å². The van der Waals surface area contributed by atoms with Gasteiger partial charge in [0.15, 0.2) is 0 Å². The molecule has 0 saturated heterocycles. The van der Waals surface area contributed by atoms with Gasteiger partial charge in [-0.05, 0) is 16.5 Å². The minimum Gasteiger partial charge on any atom is -0.394 e. The van der Waals surface area contributed by atoms with Crippen molar-refractivity contribution in [2.75, 3.05) is 17.7 Å². The lowest BCUT2D eigenvalue weighted by Crippen LogP contribution is -2.15. The maximum Gasteiger partial charge on any atom is 0.272 e. The number of amides is 1. The lowest BCUT2D eigenvalue weighted by atomic mass is 10.2. The number of aliphatic hydroxyl groups excluding tert-OH is 2. The summed E-state index contributed by atoms with van der Waals surface area (Å²) in [6, 6.07) is 4.16. The van der Waals surface area contributed by atoms with Crippen LogP contribution < -0.4 is 5.32 Å². The number of nitrogens with one attached hydrogen (secondary N) is 1. The molecule has 1 unspecified atom stereocenters. The normalized spacial score (nSPS) is 11.9. The van der Waals surface area contributed by atoms with Crippen molar-refractivity contribution < 1.29 is 19.9 Å². The molecule has 2 rings (SSSR count). The monoisotopic (exact) mass is 368 g/mol. The Kier molecular flexibility index (Phi) is 6.80. The van der Waals surface area contributed by atoms with Crippen molar-refractivity contribution in [2.24, 2.45) is 0 Å². The number of thioether (sulfide) groups is 1. The number of nitro benzene ring substituents is 1. The number of anilines is 1. The Labute approximate surface area is 146 Å². The minimum absolute atomic E-state index is 0.0967. The van der Waals surface area contributed by atoms with Crippen molar-refractivity contribution in [3.05, 3.63) is 34.6 Å². The Hall–Kier alpha value is -2.57. The number of aryl methyl sites for hydroxylation is 1. The number of carbonyl (C=O) groups is 1. The third-order valence-electron chi connectivity index (χ3n) is 3.00. The van der Waals surface area contributed by atoms with Gasteiger partial charge in [0.05, 0.1) is 24.2 Å². The van der Waals surface area contributed by atoms with Gasteiger partial charge in [-0.3, -0.25) is 14.9 Å². The van der Waals surface area contributed by atoms with Gasteiger partial charge in [0.2, 0.25) is 5.91 Å². The van der Waals surface area contributed by atoms with E-state index in [-0.39, 0.29) is 36.0 Å². The second-order valence-corrected chi connectivity index (χ2v) is 6.08. The predicted octanol–water partition coefficient (Wildman–Crippen LogP) is 0.0554. The highest BCUT2D eigenvalue weighted by Gasteiger charge is 2.13. The molecule has 0 aliphatic heterocycles. The van der Waals surface area contributed by atoms with Crippen molar-refractivity contribution in [3.63, 3.8) is 0 Å². The van der Waals surface area contributed by atoms with E-state index in [1.165, 1.54) is 23.1 Å². The van der Waals surface area contributed by atoms with E-state index in [9.17, 15) is 20.0 Å². The molecular weight excluding hydrogens is 352 g/mol. The van der Waals surface area contributed by atoms with Crippen LogP contribution in [0.25, 0.3) is 0 Å². The van der Waals surface area contributed by atoms with Gasteiger partial charge in [0, 0.05) is 34.9 Å². The Bertz CT molecular complexity index is 726. The molecule has 0 aliphatic rings. The summed E-state index contributed by atoms with van der Waals surface area (Å²) in [4.78, 5) is 22.9. The third-order valence-corrected chi connectivity index (χ3v) is 4.12. The Morgan fingerprint density at radius 2 is 2.24 bits per heavy atom. The molecule has 25 heavy (non-hydrogen) atoms. The van der Waals surface area contributed by atoms with E-state index in [1.54, 1.807) is 6.07 Å². The first-order chi connectivity index (χ1) is 12.0. The molecule has 12 heteroatoms. The van der Waals surface area contributed by atoms with Gasteiger partial charge in [0.1, 0.15) is 6.33 Å². The second-order valence-electron chi connectivity index (χ2n) is 4.99. The fourth-order valence-corrected chi connectivity index (χ4v) is 2.72. The molecule has 0 radical (unpaired) electrons. The van der Waals surface area contributed by atoms with E-state index in [0.29, 0.717) is 4.90 Å². The van der Waals surface area contributed by atoms with Crippen LogP contribution in [0.1, 0.15) is 6.42 Å². The van der Waals surface area contributed by atoms with Gasteiger partial charge in [-0.1, -0.05) is 0 Å². The SMILES string of the molecule is O=C(CCn1cnnn1)Nc1cc(SCC(O)CO)cc([N+](=O)[O-])c1. The van der Waals surface area contributed by atoms with E-state index >= 15 is 0 Å². The number of aliphatic hydroxyl groups is 2. The summed E-state index contributed by atoms with van der Waals surface area (Å²) < 4.78 is 1.39. The zero-order valence-corrected chi connectivity index (χ0v) is 13.8. The topological polar surface area (TPSA) is 156 Å². The molecule has 11 nitrogen and oxygen atoms in total. The molecule has 3 N–H and O–H groups in total. The van der Waals surface area contributed by atoms with E-state index in [2.05, 4.69) is 20.8 Å². The van der Waals surface area contributed by atoms with E-state index in [0.717, 1.165) is 11.8 Å². The summed E-state index contributed by atoms with van der Waals surface area (Å²) in [5, 5.41) is 42.4. The summed E-state index contributed by atoms with van der Waals surface area (Å²) in [6.45, 7) is -0.124. The lowest BCUT2D eigenvalue weighted by molar-refractivity contribution is -0.385. The summed E-state index contributed by atoms with van der Waals surface area (Å²) in [5.74, 6) is -0.174. The number of nitro groups is 1. The van der Waals surface area contributed by atoms with Crippen LogP contribution in [0, 0.1) is 10.1 Å². The number of hydrogen-bond donors (Lipinski definition) is 3. The van der Waals surface area contributed by atoms with Crippen LogP contribution in [0.3, 0.4) is 0 Å². The molecule has 1 aromatic carbocycles. The lowest BCUT2D eigenvalue weighted by Gasteiger charge is -2.09. The number of rotatable bonds is 9. The third kappa shape index (κ3) is 6.10. The van der Waals surface area contributed by atoms with E-state index < -0.39 is 17.6 Å². The molecule has 1 heterocycles. The number of hydrogen-bond acceptors (Lipinski definition) is 9. The molecule has 0 spiro atoms. The summed E-state index contributed by atoms with van der Waals surface area (Å²) >= 11 is 1.14. The van der Waals surface area contributed by atoms with Crippen LogP contribution >= 0.6 is 11.8 Å². The molecule has 0 fully saturated rings. The highest BCUT2D eigenvalue weighted by Crippen LogP contribution is 2.28. The minimum atomic E-state index is -0.932. The molecule has 2 aromatic rings. The van der Waals surface area contributed by atoms with Crippen molar-refractivity contribution >= 4 is 29.0 Å². The van der Waals surface area contributed by atoms with Crippen molar-refractivity contribution in [2.45, 2.75) is 24.0 Å². The average molecular weight is 368 g/mol. The molecule has 1 aromatic heterocycles. The van der Waals surface area contributed by atoms with Gasteiger partial charge in [-0.15, -0.1) is 16.9 Å². The van der Waals surface area contributed by atoms with Crippen LogP contribution in [-0.4, -0.2) is 59.7 Å². The van der Waals surface area contributed by atoms with Crippen LogP contribution in [0.5, 0.6) is 0 Å². The van der Waals surface area contributed by atoms with Gasteiger partial charge < -0.3 is 15.5 Å². The van der Waals surface area contributed by atoms with Gasteiger partial charge in [-0.25, -0.2) is 4.68 Å². The molecular formula is C13H16N6O5S. The first-order valence-electron chi connectivity index (χ1n) is 7.19. The summed E-state index contributed by atoms with van der Waals surface area (Å²) in [6.07, 6.45) is 0.542. The summed E-state index contributed by atoms with van der Waals surface area (Å²) in [5.41, 5.74) is 0.0937. The number of tetrazole rings is 1. The Morgan fingerprint density at radius 1 is 1.44 bits per heavy atom. The summed E-state index contributed by atoms with van der Waals surface area (Å²) in [7, 11) is 0. The quantitative estimate of drug-likeness (QED) is 0.316. The van der Waals surface area contributed by atoms with Crippen LogP contribution in [0.2, 0.25) is 0 Å². The maximum atomic E-state index is 12.0. The first kappa shape index (κ1) is 18.8. The number of carbonyl (C=O) groups excluding carboxylic acids is 1. The molecule has 0 aliphatic carbocycles. The van der Waals surface area contributed by atoms with Crippen LogP contribution in [0.4, 0.5) is 11.4 Å². The van der Waals surface area contributed by atoms with Gasteiger partial charge >= 0.3 is 0 Å². The van der Waals surface area contributed by atoms with Crippen LogP contribution in [-0.2, 0) is 11.3 Å². The molecule has 134 valence electrons. The molecule has 1 atom stereocenters. The number of nitrogens with zero attached hydrogens (tertiary/aromatic N) is 5.